The molecule has 1 aromatic rings. The Morgan fingerprint density at radius 2 is 1.90 bits per heavy atom. The van der Waals surface area contributed by atoms with Crippen LogP contribution < -0.4 is 21.9 Å². The van der Waals surface area contributed by atoms with Gasteiger partial charge in [0, 0.05) is 19.5 Å². The summed E-state index contributed by atoms with van der Waals surface area (Å²) in [7, 11) is 0. The van der Waals surface area contributed by atoms with Gasteiger partial charge >= 0.3 is 11.7 Å². The highest BCUT2D eigenvalue weighted by Crippen LogP contribution is 2.64. The molecule has 1 heterocycles. The van der Waals surface area contributed by atoms with Crippen molar-refractivity contribution < 1.29 is 14.3 Å². The van der Waals surface area contributed by atoms with Gasteiger partial charge in [-0.3, -0.25) is 23.9 Å². The molecule has 1 aromatic heterocycles. The van der Waals surface area contributed by atoms with Crippen LogP contribution in [-0.2, 0) is 20.9 Å². The minimum Gasteiger partial charge on any atom is -0.455 e. The Labute approximate surface area is 178 Å². The van der Waals surface area contributed by atoms with Crippen molar-refractivity contribution >= 4 is 46.6 Å². The van der Waals surface area contributed by atoms with Gasteiger partial charge in [-0.05, 0) is 19.8 Å². The summed E-state index contributed by atoms with van der Waals surface area (Å²) in [4.78, 5) is 52.9. The van der Waals surface area contributed by atoms with Crippen LogP contribution in [0.1, 0.15) is 46.5 Å². The van der Waals surface area contributed by atoms with Crippen molar-refractivity contribution in [3.63, 3.8) is 0 Å². The summed E-state index contributed by atoms with van der Waals surface area (Å²) >= 11 is 11.9. The maximum atomic E-state index is 12.8. The monoisotopic (exact) mass is 448 g/mol. The third-order valence-corrected chi connectivity index (χ3v) is 6.10. The predicted octanol–water partition coefficient (Wildman–Crippen LogP) is 1.79. The molecule has 9 nitrogen and oxygen atoms in total. The van der Waals surface area contributed by atoms with Crippen LogP contribution in [-0.4, -0.2) is 38.9 Å². The zero-order valence-corrected chi connectivity index (χ0v) is 18.2. The molecule has 0 aromatic carbocycles. The van der Waals surface area contributed by atoms with E-state index >= 15 is 0 Å². The molecule has 1 fully saturated rings. The molecular formula is C18H26Cl2N4O5. The first-order valence-corrected chi connectivity index (χ1v) is 10.2. The number of amides is 1. The molecule has 11 heteroatoms. The number of nitrogens with two attached hydrogens (primary N) is 1. The Balaban J connectivity index is 2.29. The quantitative estimate of drug-likeness (QED) is 0.437. The van der Waals surface area contributed by atoms with Gasteiger partial charge in [-0.2, -0.15) is 0 Å². The first kappa shape index (κ1) is 23.3. The molecule has 0 aliphatic heterocycles. The number of H-pyrrole nitrogens is 1. The SMILES string of the molecule is CCCCN(C(=O)COC(=O)[C@]1(C)CC1(Cl)Cl)c1c(N)n(CCC)c(=O)[nH]c1=O. The molecular weight excluding hydrogens is 423 g/mol. The third-order valence-electron chi connectivity index (χ3n) is 5.00. The Morgan fingerprint density at radius 3 is 2.41 bits per heavy atom. The molecule has 1 aliphatic rings. The zero-order valence-electron chi connectivity index (χ0n) is 16.7. The minimum absolute atomic E-state index is 0.105. The van der Waals surface area contributed by atoms with Gasteiger partial charge in [0.15, 0.2) is 12.3 Å². The standard InChI is InChI=1S/C18H26Cl2N4O5/c1-4-6-8-23(11(25)9-29-15(27)17(3)10-18(17,19)20)12-13(21)24(7-5-2)16(28)22-14(12)26/h4-10,21H2,1-3H3,(H,22,26,28)/t17-/m0/s1. The highest BCUT2D eigenvalue weighted by Gasteiger charge is 2.69. The molecule has 1 atom stereocenters. The maximum absolute atomic E-state index is 12.8. The van der Waals surface area contributed by atoms with Crippen molar-refractivity contribution in [3.05, 3.63) is 20.8 Å². The Morgan fingerprint density at radius 1 is 1.28 bits per heavy atom. The number of esters is 1. The van der Waals surface area contributed by atoms with E-state index in [-0.39, 0.29) is 31.0 Å². The Hall–Kier alpha value is -2.00. The van der Waals surface area contributed by atoms with E-state index in [1.54, 1.807) is 6.92 Å². The average Bonchev–Trinajstić information content (AvgIpc) is 3.17. The van der Waals surface area contributed by atoms with E-state index in [0.29, 0.717) is 12.8 Å². The number of nitrogens with zero attached hydrogens (tertiary/aromatic N) is 2. The highest BCUT2D eigenvalue weighted by molar-refractivity contribution is 6.53. The lowest BCUT2D eigenvalue weighted by atomic mass is 10.1. The lowest BCUT2D eigenvalue weighted by Gasteiger charge is -2.24. The molecule has 0 radical (unpaired) electrons. The third kappa shape index (κ3) is 4.61. The zero-order chi connectivity index (χ0) is 22.0. The number of hydrogen-bond donors (Lipinski definition) is 2. The second kappa shape index (κ2) is 8.79. The number of ether oxygens (including phenoxy) is 1. The van der Waals surface area contributed by atoms with E-state index in [9.17, 15) is 19.2 Å². The van der Waals surface area contributed by atoms with Gasteiger partial charge in [-0.1, -0.05) is 20.3 Å². The number of rotatable bonds is 9. The fourth-order valence-corrected chi connectivity index (χ4v) is 3.64. The summed E-state index contributed by atoms with van der Waals surface area (Å²) < 4.78 is 5.10. The van der Waals surface area contributed by atoms with E-state index in [2.05, 4.69) is 4.98 Å². The molecule has 1 aliphatic carbocycles. The number of unbranched alkanes of at least 4 members (excludes halogenated alkanes) is 1. The van der Waals surface area contributed by atoms with Gasteiger partial charge in [-0.25, -0.2) is 4.79 Å². The summed E-state index contributed by atoms with van der Waals surface area (Å²) in [5.74, 6) is -1.43. The molecule has 29 heavy (non-hydrogen) atoms. The lowest BCUT2D eigenvalue weighted by molar-refractivity contribution is -0.152. The second-order valence-corrected chi connectivity index (χ2v) is 8.82. The summed E-state index contributed by atoms with van der Waals surface area (Å²) in [6.45, 7) is 5.18. The van der Waals surface area contributed by atoms with E-state index in [1.807, 2.05) is 13.8 Å². The van der Waals surface area contributed by atoms with Crippen LogP contribution in [0.2, 0.25) is 0 Å². The first-order valence-electron chi connectivity index (χ1n) is 9.48. The van der Waals surface area contributed by atoms with Crippen molar-refractivity contribution in [2.45, 2.75) is 57.3 Å². The van der Waals surface area contributed by atoms with Crippen LogP contribution in [0.25, 0.3) is 0 Å². The summed E-state index contributed by atoms with van der Waals surface area (Å²) in [5, 5.41) is 0. The molecule has 1 amide bonds. The smallest absolute Gasteiger partial charge is 0.330 e. The van der Waals surface area contributed by atoms with Crippen LogP contribution in [0, 0.1) is 5.41 Å². The average molecular weight is 449 g/mol. The fraction of sp³-hybridized carbons (Fsp3) is 0.667. The molecule has 0 spiro atoms. The summed E-state index contributed by atoms with van der Waals surface area (Å²) in [6, 6.07) is 0. The molecule has 0 bridgehead atoms. The number of nitrogen functional groups attached to an aromatic ring is 1. The Kier molecular flexibility index (Phi) is 7.06. The van der Waals surface area contributed by atoms with Gasteiger partial charge in [0.1, 0.15) is 15.6 Å². The number of anilines is 2. The van der Waals surface area contributed by atoms with Crippen molar-refractivity contribution in [1.82, 2.24) is 9.55 Å². The summed E-state index contributed by atoms with van der Waals surface area (Å²) in [6.07, 6.45) is 2.16. The van der Waals surface area contributed by atoms with E-state index < -0.39 is 39.5 Å². The van der Waals surface area contributed by atoms with Crippen molar-refractivity contribution in [2.24, 2.45) is 5.41 Å². The largest absolute Gasteiger partial charge is 0.455 e. The van der Waals surface area contributed by atoms with E-state index in [1.165, 1.54) is 4.57 Å². The number of carbonyl (C=O) groups is 2. The number of halogens is 2. The first-order chi connectivity index (χ1) is 13.5. The maximum Gasteiger partial charge on any atom is 0.330 e. The Bertz CT molecular complexity index is 910. The van der Waals surface area contributed by atoms with Crippen molar-refractivity contribution in [3.8, 4) is 0 Å². The van der Waals surface area contributed by atoms with E-state index in [0.717, 1.165) is 11.3 Å². The number of aromatic nitrogens is 2. The van der Waals surface area contributed by atoms with Gasteiger partial charge in [0.05, 0.1) is 0 Å². The lowest BCUT2D eigenvalue weighted by Crippen LogP contribution is -2.43. The van der Waals surface area contributed by atoms with Gasteiger partial charge in [0.25, 0.3) is 11.5 Å². The number of nitrogens with one attached hydrogen (secondary N) is 1. The molecule has 1 saturated carbocycles. The second-order valence-electron chi connectivity index (χ2n) is 7.33. The minimum atomic E-state index is -1.22. The van der Waals surface area contributed by atoms with Crippen LogP contribution in [0.4, 0.5) is 11.5 Å². The van der Waals surface area contributed by atoms with Gasteiger partial charge in [-0.15, -0.1) is 23.2 Å². The van der Waals surface area contributed by atoms with Gasteiger partial charge in [0.2, 0.25) is 0 Å². The van der Waals surface area contributed by atoms with E-state index in [4.69, 9.17) is 33.7 Å². The fourth-order valence-electron chi connectivity index (χ4n) is 2.95. The molecule has 2 rings (SSSR count). The highest BCUT2D eigenvalue weighted by atomic mass is 35.5. The van der Waals surface area contributed by atoms with Crippen molar-refractivity contribution in [1.29, 1.82) is 0 Å². The van der Waals surface area contributed by atoms with Crippen LogP contribution in [0.5, 0.6) is 0 Å². The van der Waals surface area contributed by atoms with Gasteiger partial charge < -0.3 is 15.4 Å². The summed E-state index contributed by atoms with van der Waals surface area (Å²) in [5.41, 5.74) is 3.44. The topological polar surface area (TPSA) is 127 Å². The van der Waals surface area contributed by atoms with Crippen LogP contribution in [0.15, 0.2) is 9.59 Å². The van der Waals surface area contributed by atoms with Crippen LogP contribution >= 0.6 is 23.2 Å². The van der Waals surface area contributed by atoms with Crippen LogP contribution in [0.3, 0.4) is 0 Å². The molecule has 3 N–H and O–H groups in total. The molecule has 0 saturated heterocycles. The normalized spacial score (nSPS) is 19.6. The number of carbonyl (C=O) groups excluding carboxylic acids is 2. The van der Waals surface area contributed by atoms with Crippen molar-refractivity contribution in [2.75, 3.05) is 23.8 Å². The number of alkyl halides is 2. The predicted molar refractivity (Wildman–Crippen MR) is 111 cm³/mol. The number of aromatic amines is 1. The molecule has 162 valence electrons. The number of hydrogen-bond acceptors (Lipinski definition) is 6. The molecule has 0 unspecified atom stereocenters.